The van der Waals surface area contributed by atoms with Crippen LogP contribution in [0.5, 0.6) is 0 Å². The van der Waals surface area contributed by atoms with Crippen molar-refractivity contribution in [3.63, 3.8) is 0 Å². The quantitative estimate of drug-likeness (QED) is 0.705. The Kier molecular flexibility index (Phi) is 6.94. The summed E-state index contributed by atoms with van der Waals surface area (Å²) in [5.74, 6) is -1.11. The molecule has 1 aromatic heterocycles. The number of rotatable bonds is 5. The molecule has 0 saturated heterocycles. The van der Waals surface area contributed by atoms with Crippen molar-refractivity contribution in [3.8, 4) is 0 Å². The Morgan fingerprint density at radius 1 is 1.13 bits per heavy atom. The maximum atomic E-state index is 13.7. The Bertz CT molecular complexity index is 983. The van der Waals surface area contributed by atoms with Gasteiger partial charge in [0.15, 0.2) is 0 Å². The number of hydrogen-bond acceptors (Lipinski definition) is 5. The van der Waals surface area contributed by atoms with Crippen LogP contribution in [0.25, 0.3) is 0 Å². The fourth-order valence-electron chi connectivity index (χ4n) is 3.20. The molecule has 1 aromatic carbocycles. The topological polar surface area (TPSA) is 87.7 Å². The lowest BCUT2D eigenvalue weighted by molar-refractivity contribution is -0.133. The van der Waals surface area contributed by atoms with Crippen LogP contribution < -0.4 is 10.6 Å². The number of hydrogen-bond donors (Lipinski definition) is 2. The molecule has 0 atom stereocenters. The van der Waals surface area contributed by atoms with E-state index in [2.05, 4.69) is 10.6 Å². The molecule has 1 aliphatic heterocycles. The van der Waals surface area contributed by atoms with E-state index < -0.39 is 23.4 Å². The van der Waals surface area contributed by atoms with Gasteiger partial charge in [-0.25, -0.2) is 9.18 Å². The van der Waals surface area contributed by atoms with E-state index in [0.29, 0.717) is 13.1 Å². The lowest BCUT2D eigenvalue weighted by Gasteiger charge is -2.27. The molecule has 1 aliphatic rings. The molecule has 0 unspecified atom stereocenters. The third-order valence-corrected chi connectivity index (χ3v) is 5.64. The summed E-state index contributed by atoms with van der Waals surface area (Å²) in [6, 6.07) is 5.64. The smallest absolute Gasteiger partial charge is 0.412 e. The number of benzene rings is 1. The molecule has 0 bridgehead atoms. The number of thiophene rings is 1. The maximum absolute atomic E-state index is 13.7. The number of anilines is 2. The highest BCUT2D eigenvalue weighted by molar-refractivity contribution is 7.10. The van der Waals surface area contributed by atoms with Crippen molar-refractivity contribution < 1.29 is 23.5 Å². The number of fused-ring (bicyclic) bond motifs is 1. The number of nitrogens with zero attached hydrogens (tertiary/aromatic N) is 1. The zero-order valence-corrected chi connectivity index (χ0v) is 18.6. The minimum Gasteiger partial charge on any atom is -0.444 e. The summed E-state index contributed by atoms with van der Waals surface area (Å²) in [7, 11) is 0. The maximum Gasteiger partial charge on any atom is 0.412 e. The van der Waals surface area contributed by atoms with Crippen molar-refractivity contribution in [2.45, 2.75) is 52.2 Å². The number of carbonyl (C=O) groups excluding carboxylic acids is 3. The van der Waals surface area contributed by atoms with Gasteiger partial charge in [-0.1, -0.05) is 0 Å². The number of nitrogens with one attached hydrogen (secondary N) is 2. The van der Waals surface area contributed by atoms with E-state index in [-0.39, 0.29) is 30.1 Å². The Morgan fingerprint density at radius 2 is 1.90 bits per heavy atom. The molecule has 2 heterocycles. The van der Waals surface area contributed by atoms with Crippen molar-refractivity contribution in [2.75, 3.05) is 17.2 Å². The van der Waals surface area contributed by atoms with Gasteiger partial charge in [0, 0.05) is 30.8 Å². The number of amides is 3. The molecule has 7 nitrogen and oxygen atoms in total. The van der Waals surface area contributed by atoms with Gasteiger partial charge in [-0.2, -0.15) is 0 Å². The molecule has 2 N–H and O–H groups in total. The zero-order chi connectivity index (χ0) is 22.6. The molecule has 0 fully saturated rings. The van der Waals surface area contributed by atoms with E-state index in [4.69, 9.17) is 4.74 Å². The van der Waals surface area contributed by atoms with Crippen LogP contribution in [0.2, 0.25) is 0 Å². The second-order valence-corrected chi connectivity index (χ2v) is 9.30. The summed E-state index contributed by atoms with van der Waals surface area (Å²) >= 11 is 1.70. The molecule has 0 saturated carbocycles. The van der Waals surface area contributed by atoms with Gasteiger partial charge >= 0.3 is 6.09 Å². The highest BCUT2D eigenvalue weighted by Crippen LogP contribution is 2.26. The molecule has 0 radical (unpaired) electrons. The first-order chi connectivity index (χ1) is 14.6. The molecule has 0 spiro atoms. The predicted molar refractivity (Wildman–Crippen MR) is 118 cm³/mol. The van der Waals surface area contributed by atoms with Crippen LogP contribution in [0.15, 0.2) is 29.6 Å². The predicted octanol–water partition coefficient (Wildman–Crippen LogP) is 4.54. The van der Waals surface area contributed by atoms with Crippen molar-refractivity contribution in [3.05, 3.63) is 45.9 Å². The minimum atomic E-state index is -0.720. The third kappa shape index (κ3) is 6.52. The molecule has 9 heteroatoms. The van der Waals surface area contributed by atoms with E-state index in [1.54, 1.807) is 37.0 Å². The van der Waals surface area contributed by atoms with Crippen LogP contribution in [0, 0.1) is 5.82 Å². The molecule has 3 rings (SSSR count). The van der Waals surface area contributed by atoms with Gasteiger partial charge in [0.05, 0.1) is 11.4 Å². The van der Waals surface area contributed by atoms with E-state index in [9.17, 15) is 18.8 Å². The summed E-state index contributed by atoms with van der Waals surface area (Å²) in [5, 5.41) is 7.10. The summed E-state index contributed by atoms with van der Waals surface area (Å²) in [4.78, 5) is 40.0. The van der Waals surface area contributed by atoms with Crippen molar-refractivity contribution in [2.24, 2.45) is 0 Å². The highest BCUT2D eigenvalue weighted by atomic mass is 32.1. The van der Waals surface area contributed by atoms with E-state index in [1.807, 2.05) is 11.4 Å². The fraction of sp³-hybridized carbons (Fsp3) is 0.409. The average molecular weight is 448 g/mol. The first kappa shape index (κ1) is 22.7. The van der Waals surface area contributed by atoms with Crippen LogP contribution >= 0.6 is 11.3 Å². The highest BCUT2D eigenvalue weighted by Gasteiger charge is 2.22. The molecule has 31 heavy (non-hydrogen) atoms. The number of carbonyl (C=O) groups is 3. The Labute approximate surface area is 184 Å². The molecular weight excluding hydrogens is 421 g/mol. The van der Waals surface area contributed by atoms with E-state index in [1.165, 1.54) is 17.0 Å². The van der Waals surface area contributed by atoms with E-state index >= 15 is 0 Å². The monoisotopic (exact) mass is 447 g/mol. The van der Waals surface area contributed by atoms with Crippen molar-refractivity contribution >= 4 is 40.6 Å². The van der Waals surface area contributed by atoms with Gasteiger partial charge in [-0.15, -0.1) is 11.3 Å². The SMILES string of the molecule is CC(C)(C)OC(=O)Nc1ccc(F)cc1NC(=O)CCC(=O)N1CCc2sccc2C1. The van der Waals surface area contributed by atoms with Gasteiger partial charge in [-0.3, -0.25) is 14.9 Å². The second-order valence-electron chi connectivity index (χ2n) is 8.30. The summed E-state index contributed by atoms with van der Waals surface area (Å²) in [5.41, 5.74) is 0.763. The van der Waals surface area contributed by atoms with Crippen LogP contribution in [-0.2, 0) is 27.3 Å². The van der Waals surface area contributed by atoms with Gasteiger partial charge < -0.3 is 15.0 Å². The lowest BCUT2D eigenvalue weighted by atomic mass is 10.1. The Morgan fingerprint density at radius 3 is 2.65 bits per heavy atom. The summed E-state index contributed by atoms with van der Waals surface area (Å²) < 4.78 is 18.9. The summed E-state index contributed by atoms with van der Waals surface area (Å²) in [6.07, 6.45) is 0.111. The van der Waals surface area contributed by atoms with E-state index in [0.717, 1.165) is 18.1 Å². The molecule has 166 valence electrons. The first-order valence-corrected chi connectivity index (χ1v) is 10.9. The Hall–Kier alpha value is -2.94. The minimum absolute atomic E-state index is 0.0474. The normalized spacial score (nSPS) is 13.4. The summed E-state index contributed by atoms with van der Waals surface area (Å²) in [6.45, 7) is 6.37. The van der Waals surface area contributed by atoms with Crippen molar-refractivity contribution in [1.29, 1.82) is 0 Å². The zero-order valence-electron chi connectivity index (χ0n) is 17.8. The molecule has 3 amide bonds. The largest absolute Gasteiger partial charge is 0.444 e. The van der Waals surface area contributed by atoms with Gasteiger partial charge in [0.2, 0.25) is 11.8 Å². The van der Waals surface area contributed by atoms with Gasteiger partial charge in [-0.05, 0) is 62.4 Å². The molecule has 0 aliphatic carbocycles. The molecular formula is C22H26FN3O4S. The fourth-order valence-corrected chi connectivity index (χ4v) is 4.08. The Balaban J connectivity index is 1.55. The van der Waals surface area contributed by atoms with Gasteiger partial charge in [0.1, 0.15) is 11.4 Å². The standard InChI is InChI=1S/C22H26FN3O4S/c1-22(2,3)30-21(29)25-16-5-4-15(23)12-17(16)24-19(27)6-7-20(28)26-10-8-18-14(13-26)9-11-31-18/h4-5,9,11-12H,6-8,10,13H2,1-3H3,(H,24,27)(H,25,29). The molecule has 2 aromatic rings. The lowest BCUT2D eigenvalue weighted by Crippen LogP contribution is -2.35. The van der Waals surface area contributed by atoms with Crippen LogP contribution in [0.3, 0.4) is 0 Å². The third-order valence-electron chi connectivity index (χ3n) is 4.62. The number of halogens is 1. The number of ether oxygens (including phenoxy) is 1. The van der Waals surface area contributed by atoms with Crippen LogP contribution in [-0.4, -0.2) is 35.0 Å². The second kappa shape index (κ2) is 9.47. The first-order valence-electron chi connectivity index (χ1n) is 10.0. The average Bonchev–Trinajstić information content (AvgIpc) is 3.14. The van der Waals surface area contributed by atoms with Crippen molar-refractivity contribution in [1.82, 2.24) is 4.90 Å². The van der Waals surface area contributed by atoms with Gasteiger partial charge in [0.25, 0.3) is 0 Å². The van der Waals surface area contributed by atoms with Crippen LogP contribution in [0.1, 0.15) is 44.1 Å². The van der Waals surface area contributed by atoms with Crippen LogP contribution in [0.4, 0.5) is 20.6 Å².